The lowest BCUT2D eigenvalue weighted by Gasteiger charge is -2.05. The first-order valence-corrected chi connectivity index (χ1v) is 4.16. The summed E-state index contributed by atoms with van der Waals surface area (Å²) in [5.74, 6) is -0.429. The van der Waals surface area contributed by atoms with Gasteiger partial charge in [-0.15, -0.1) is 0 Å². The van der Waals surface area contributed by atoms with Crippen LogP contribution < -0.4 is 0 Å². The monoisotopic (exact) mass is 192 g/mol. The number of hydrogen-bond donors (Lipinski definition) is 0. The van der Waals surface area contributed by atoms with Gasteiger partial charge in [-0.25, -0.2) is 4.79 Å². The highest BCUT2D eigenvalue weighted by molar-refractivity contribution is 6.43. The van der Waals surface area contributed by atoms with E-state index in [4.69, 9.17) is 0 Å². The number of carbonyl (C=O) groups excluding carboxylic acids is 1. The zero-order valence-electron chi connectivity index (χ0n) is 8.44. The van der Waals surface area contributed by atoms with Gasteiger partial charge in [0.2, 0.25) is 0 Å². The van der Waals surface area contributed by atoms with Crippen LogP contribution in [0.15, 0.2) is 23.5 Å². The fourth-order valence-corrected chi connectivity index (χ4v) is 1.16. The van der Waals surface area contributed by atoms with Crippen molar-refractivity contribution in [2.24, 2.45) is 4.99 Å². The number of rotatable bonds is 2. The number of esters is 1. The SMILES string of the molecule is CN=C(C(=O)OC)c1ccncc1C. The third-order valence-corrected chi connectivity index (χ3v) is 1.88. The number of nitrogens with zero attached hydrogens (tertiary/aromatic N) is 2. The van der Waals surface area contributed by atoms with Crippen LogP contribution in [0.25, 0.3) is 0 Å². The van der Waals surface area contributed by atoms with Crippen LogP contribution in [0.3, 0.4) is 0 Å². The fraction of sp³-hybridized carbons (Fsp3) is 0.300. The number of pyridine rings is 1. The van der Waals surface area contributed by atoms with Crippen molar-refractivity contribution < 1.29 is 9.53 Å². The molecular weight excluding hydrogens is 180 g/mol. The summed E-state index contributed by atoms with van der Waals surface area (Å²) in [4.78, 5) is 19.2. The summed E-state index contributed by atoms with van der Waals surface area (Å²) < 4.78 is 4.62. The van der Waals surface area contributed by atoms with Gasteiger partial charge in [-0.3, -0.25) is 9.98 Å². The lowest BCUT2D eigenvalue weighted by atomic mass is 10.1. The topological polar surface area (TPSA) is 51.5 Å². The van der Waals surface area contributed by atoms with Crippen molar-refractivity contribution in [3.05, 3.63) is 29.6 Å². The summed E-state index contributed by atoms with van der Waals surface area (Å²) in [5.41, 5.74) is 1.99. The molecule has 1 aromatic rings. The summed E-state index contributed by atoms with van der Waals surface area (Å²) >= 11 is 0. The first kappa shape index (κ1) is 10.4. The number of aliphatic imine (C=N–C) groups is 1. The van der Waals surface area contributed by atoms with Crippen molar-refractivity contribution in [2.75, 3.05) is 14.2 Å². The summed E-state index contributed by atoms with van der Waals surface area (Å²) in [5, 5.41) is 0. The quantitative estimate of drug-likeness (QED) is 0.518. The highest BCUT2D eigenvalue weighted by Gasteiger charge is 2.14. The van der Waals surface area contributed by atoms with Gasteiger partial charge < -0.3 is 4.74 Å². The van der Waals surface area contributed by atoms with Crippen LogP contribution >= 0.6 is 0 Å². The Bertz CT molecular complexity index is 372. The second-order valence-corrected chi connectivity index (χ2v) is 2.75. The van der Waals surface area contributed by atoms with Crippen LogP contribution in [-0.2, 0) is 9.53 Å². The van der Waals surface area contributed by atoms with Crippen molar-refractivity contribution in [1.82, 2.24) is 4.98 Å². The van der Waals surface area contributed by atoms with Gasteiger partial charge in [0.05, 0.1) is 7.11 Å². The summed E-state index contributed by atoms with van der Waals surface area (Å²) in [6.45, 7) is 1.87. The van der Waals surface area contributed by atoms with Gasteiger partial charge in [-0.2, -0.15) is 0 Å². The van der Waals surface area contributed by atoms with Gasteiger partial charge in [0.25, 0.3) is 0 Å². The first-order chi connectivity index (χ1) is 6.70. The van der Waals surface area contributed by atoms with Crippen LogP contribution in [0.5, 0.6) is 0 Å². The van der Waals surface area contributed by atoms with Crippen molar-refractivity contribution in [3.63, 3.8) is 0 Å². The van der Waals surface area contributed by atoms with Gasteiger partial charge in [-0.1, -0.05) is 0 Å². The Morgan fingerprint density at radius 2 is 2.29 bits per heavy atom. The minimum Gasteiger partial charge on any atom is -0.464 e. The molecule has 0 aliphatic heterocycles. The average Bonchev–Trinajstić information content (AvgIpc) is 2.21. The summed E-state index contributed by atoms with van der Waals surface area (Å²) in [7, 11) is 2.90. The number of carbonyl (C=O) groups is 1. The molecule has 1 aromatic heterocycles. The molecule has 0 bridgehead atoms. The van der Waals surface area contributed by atoms with Crippen molar-refractivity contribution in [3.8, 4) is 0 Å². The van der Waals surface area contributed by atoms with Crippen molar-refractivity contribution >= 4 is 11.7 Å². The van der Waals surface area contributed by atoms with Crippen LogP contribution in [0.1, 0.15) is 11.1 Å². The molecule has 0 atom stereocenters. The minimum atomic E-state index is -0.429. The van der Waals surface area contributed by atoms with Gasteiger partial charge in [0.15, 0.2) is 5.71 Å². The maximum absolute atomic E-state index is 11.3. The standard InChI is InChI=1S/C10H12N2O2/c1-7-6-12-5-4-8(7)9(11-2)10(13)14-3/h4-6H,1-3H3. The predicted molar refractivity (Wildman–Crippen MR) is 53.5 cm³/mol. The van der Waals surface area contributed by atoms with Crippen LogP contribution in [0.4, 0.5) is 0 Å². The molecule has 0 aromatic carbocycles. The van der Waals surface area contributed by atoms with E-state index < -0.39 is 5.97 Å². The summed E-state index contributed by atoms with van der Waals surface area (Å²) in [6, 6.07) is 1.74. The Morgan fingerprint density at radius 1 is 1.57 bits per heavy atom. The zero-order chi connectivity index (χ0) is 10.6. The van der Waals surface area contributed by atoms with Gasteiger partial charge in [0.1, 0.15) is 0 Å². The molecule has 1 rings (SSSR count). The largest absolute Gasteiger partial charge is 0.464 e. The van der Waals surface area contributed by atoms with Crippen LogP contribution in [0.2, 0.25) is 0 Å². The molecule has 74 valence electrons. The van der Waals surface area contributed by atoms with E-state index in [0.717, 1.165) is 11.1 Å². The van der Waals surface area contributed by atoms with E-state index in [2.05, 4.69) is 14.7 Å². The van der Waals surface area contributed by atoms with Crippen LogP contribution in [-0.4, -0.2) is 30.8 Å². The Balaban J connectivity index is 3.15. The molecule has 0 N–H and O–H groups in total. The molecule has 0 aliphatic rings. The molecule has 0 saturated heterocycles. The van der Waals surface area contributed by atoms with Gasteiger partial charge in [0, 0.05) is 25.0 Å². The lowest BCUT2D eigenvalue weighted by molar-refractivity contribution is -0.132. The number of ether oxygens (including phenoxy) is 1. The van der Waals surface area contributed by atoms with E-state index >= 15 is 0 Å². The molecule has 0 aliphatic carbocycles. The molecule has 0 spiro atoms. The van der Waals surface area contributed by atoms with E-state index in [9.17, 15) is 4.79 Å². The molecule has 14 heavy (non-hydrogen) atoms. The molecule has 0 unspecified atom stereocenters. The fourth-order valence-electron chi connectivity index (χ4n) is 1.16. The smallest absolute Gasteiger partial charge is 0.356 e. The second-order valence-electron chi connectivity index (χ2n) is 2.75. The first-order valence-electron chi connectivity index (χ1n) is 4.16. The van der Waals surface area contributed by atoms with Gasteiger partial charge >= 0.3 is 5.97 Å². The molecule has 0 saturated carbocycles. The number of aryl methyl sites for hydroxylation is 1. The lowest BCUT2D eigenvalue weighted by Crippen LogP contribution is -2.18. The van der Waals surface area contributed by atoms with E-state index in [0.29, 0.717) is 5.71 Å². The molecular formula is C10H12N2O2. The number of hydrogen-bond acceptors (Lipinski definition) is 4. The maximum Gasteiger partial charge on any atom is 0.356 e. The minimum absolute atomic E-state index is 0.326. The molecule has 1 heterocycles. The van der Waals surface area contributed by atoms with E-state index in [1.54, 1.807) is 25.5 Å². The van der Waals surface area contributed by atoms with Crippen molar-refractivity contribution in [2.45, 2.75) is 6.92 Å². The Labute approximate surface area is 82.6 Å². The predicted octanol–water partition coefficient (Wildman–Crippen LogP) is 0.982. The third-order valence-electron chi connectivity index (χ3n) is 1.88. The number of methoxy groups -OCH3 is 1. The van der Waals surface area contributed by atoms with Gasteiger partial charge in [-0.05, 0) is 18.6 Å². The maximum atomic E-state index is 11.3. The normalized spacial score (nSPS) is 11.2. The summed E-state index contributed by atoms with van der Waals surface area (Å²) in [6.07, 6.45) is 3.31. The van der Waals surface area contributed by atoms with E-state index in [-0.39, 0.29) is 0 Å². The highest BCUT2D eigenvalue weighted by Crippen LogP contribution is 2.07. The Morgan fingerprint density at radius 3 is 2.79 bits per heavy atom. The van der Waals surface area contributed by atoms with E-state index in [1.807, 2.05) is 6.92 Å². The molecule has 4 nitrogen and oxygen atoms in total. The van der Waals surface area contributed by atoms with E-state index in [1.165, 1.54) is 7.11 Å². The number of aromatic nitrogens is 1. The Hall–Kier alpha value is -1.71. The zero-order valence-corrected chi connectivity index (χ0v) is 8.44. The van der Waals surface area contributed by atoms with Crippen molar-refractivity contribution in [1.29, 1.82) is 0 Å². The second kappa shape index (κ2) is 4.50. The average molecular weight is 192 g/mol. The molecule has 0 fully saturated rings. The van der Waals surface area contributed by atoms with Crippen LogP contribution in [0, 0.1) is 6.92 Å². The molecule has 4 heteroatoms. The highest BCUT2D eigenvalue weighted by atomic mass is 16.5. The third kappa shape index (κ3) is 1.96. The Kier molecular flexibility index (Phi) is 3.34. The molecule has 0 radical (unpaired) electrons. The molecule has 0 amide bonds.